The van der Waals surface area contributed by atoms with Crippen LogP contribution in [0.2, 0.25) is 0 Å². The average molecular weight is 344 g/mol. The van der Waals surface area contributed by atoms with Crippen LogP contribution in [0, 0.1) is 5.92 Å². The summed E-state index contributed by atoms with van der Waals surface area (Å²) in [6.45, 7) is 7.80. The number of hydrogen-bond donors (Lipinski definition) is 0. The van der Waals surface area contributed by atoms with E-state index in [2.05, 4.69) is 54.0 Å². The molecule has 1 saturated heterocycles. The summed E-state index contributed by atoms with van der Waals surface area (Å²) in [6, 6.07) is 11.4. The Morgan fingerprint density at radius 3 is 2.36 bits per heavy atom. The largest absolute Gasteiger partial charge is 0.383 e. The Hall–Kier alpha value is -1.39. The van der Waals surface area contributed by atoms with E-state index in [1.807, 2.05) is 0 Å². The molecule has 2 aliphatic rings. The standard InChI is InChI=1S/C21H32N2O2/c1-16-14-22(15-17(2)23(16)11-12-25-3)21(24)13-20(19-9-10-19)18-7-5-4-6-8-18/h4-8,16-17,19-20H,9-15H2,1-3H3. The highest BCUT2D eigenvalue weighted by atomic mass is 16.5. The maximum Gasteiger partial charge on any atom is 0.223 e. The summed E-state index contributed by atoms with van der Waals surface area (Å²) >= 11 is 0. The molecule has 4 heteroatoms. The second-order valence-electron chi connectivity index (χ2n) is 7.79. The number of piperazine rings is 1. The van der Waals surface area contributed by atoms with Crippen LogP contribution in [0.1, 0.15) is 44.6 Å². The fourth-order valence-electron chi connectivity index (χ4n) is 4.27. The maximum absolute atomic E-state index is 13.0. The van der Waals surface area contributed by atoms with E-state index in [4.69, 9.17) is 4.74 Å². The van der Waals surface area contributed by atoms with Gasteiger partial charge in [0.25, 0.3) is 0 Å². The normalized spacial score (nSPS) is 25.8. The van der Waals surface area contributed by atoms with Crippen LogP contribution in [0.3, 0.4) is 0 Å². The molecule has 1 heterocycles. The van der Waals surface area contributed by atoms with Gasteiger partial charge in [-0.15, -0.1) is 0 Å². The molecule has 0 N–H and O–H groups in total. The third kappa shape index (κ3) is 4.62. The van der Waals surface area contributed by atoms with E-state index in [-0.39, 0.29) is 0 Å². The van der Waals surface area contributed by atoms with E-state index in [1.165, 1.54) is 18.4 Å². The Morgan fingerprint density at radius 1 is 1.16 bits per heavy atom. The Balaban J connectivity index is 1.61. The van der Waals surface area contributed by atoms with Crippen molar-refractivity contribution >= 4 is 5.91 Å². The number of rotatable bonds is 7. The van der Waals surface area contributed by atoms with Crippen molar-refractivity contribution < 1.29 is 9.53 Å². The van der Waals surface area contributed by atoms with Crippen molar-refractivity contribution in [2.75, 3.05) is 33.4 Å². The lowest BCUT2D eigenvalue weighted by Crippen LogP contribution is -2.58. The number of carbonyl (C=O) groups excluding carboxylic acids is 1. The molecule has 0 aromatic heterocycles. The molecule has 1 aromatic rings. The quantitative estimate of drug-likeness (QED) is 0.762. The van der Waals surface area contributed by atoms with Gasteiger partial charge in [-0.3, -0.25) is 9.69 Å². The predicted octanol–water partition coefficient (Wildman–Crippen LogP) is 3.14. The molecule has 0 radical (unpaired) electrons. The summed E-state index contributed by atoms with van der Waals surface area (Å²) in [4.78, 5) is 17.6. The number of carbonyl (C=O) groups is 1. The first-order chi connectivity index (χ1) is 12.1. The van der Waals surface area contributed by atoms with Gasteiger partial charge in [-0.25, -0.2) is 0 Å². The highest BCUT2D eigenvalue weighted by Crippen LogP contribution is 2.44. The van der Waals surface area contributed by atoms with Gasteiger partial charge in [-0.05, 0) is 44.1 Å². The van der Waals surface area contributed by atoms with Gasteiger partial charge < -0.3 is 9.64 Å². The first-order valence-electron chi connectivity index (χ1n) is 9.67. The molecule has 3 rings (SSSR count). The summed E-state index contributed by atoms with van der Waals surface area (Å²) in [7, 11) is 1.75. The van der Waals surface area contributed by atoms with Gasteiger partial charge in [0.2, 0.25) is 5.91 Å². The Bertz CT molecular complexity index is 546. The molecule has 1 aliphatic carbocycles. The van der Waals surface area contributed by atoms with Crippen LogP contribution in [0.25, 0.3) is 0 Å². The summed E-state index contributed by atoms with van der Waals surface area (Å²) in [5.41, 5.74) is 1.33. The average Bonchev–Trinajstić information content (AvgIpc) is 3.44. The molecular formula is C21H32N2O2. The lowest BCUT2D eigenvalue weighted by atomic mass is 9.90. The molecular weight excluding hydrogens is 312 g/mol. The first-order valence-corrected chi connectivity index (χ1v) is 9.67. The van der Waals surface area contributed by atoms with Crippen molar-refractivity contribution in [1.82, 2.24) is 9.80 Å². The number of methoxy groups -OCH3 is 1. The third-order valence-electron chi connectivity index (χ3n) is 5.82. The molecule has 1 amide bonds. The Morgan fingerprint density at radius 2 is 1.80 bits per heavy atom. The predicted molar refractivity (Wildman–Crippen MR) is 101 cm³/mol. The van der Waals surface area contributed by atoms with Crippen LogP contribution in [-0.4, -0.2) is 61.1 Å². The second kappa shape index (κ2) is 8.33. The third-order valence-corrected chi connectivity index (χ3v) is 5.82. The SMILES string of the molecule is COCCN1C(C)CN(C(=O)CC(c2ccccc2)C2CC2)CC1C. The molecule has 3 atom stereocenters. The molecule has 25 heavy (non-hydrogen) atoms. The fourth-order valence-corrected chi connectivity index (χ4v) is 4.27. The van der Waals surface area contributed by atoms with Crippen LogP contribution in [0.15, 0.2) is 30.3 Å². The van der Waals surface area contributed by atoms with Gasteiger partial charge in [-0.2, -0.15) is 0 Å². The van der Waals surface area contributed by atoms with Gasteiger partial charge in [-0.1, -0.05) is 30.3 Å². The van der Waals surface area contributed by atoms with Crippen LogP contribution in [0.5, 0.6) is 0 Å². The Labute approximate surface area is 152 Å². The zero-order chi connectivity index (χ0) is 17.8. The second-order valence-corrected chi connectivity index (χ2v) is 7.79. The van der Waals surface area contributed by atoms with Crippen molar-refractivity contribution in [2.45, 2.75) is 51.1 Å². The molecule has 0 bridgehead atoms. The summed E-state index contributed by atoms with van der Waals surface area (Å²) in [6.07, 6.45) is 3.20. The van der Waals surface area contributed by atoms with Gasteiger partial charge in [0.1, 0.15) is 0 Å². The van der Waals surface area contributed by atoms with E-state index in [0.29, 0.717) is 36.2 Å². The van der Waals surface area contributed by atoms with Crippen molar-refractivity contribution in [3.63, 3.8) is 0 Å². The number of amides is 1. The highest BCUT2D eigenvalue weighted by molar-refractivity contribution is 5.77. The van der Waals surface area contributed by atoms with E-state index in [9.17, 15) is 4.79 Å². The molecule has 4 nitrogen and oxygen atoms in total. The van der Waals surface area contributed by atoms with Gasteiger partial charge in [0.05, 0.1) is 6.61 Å². The van der Waals surface area contributed by atoms with E-state index in [1.54, 1.807) is 7.11 Å². The van der Waals surface area contributed by atoms with Crippen molar-refractivity contribution in [3.05, 3.63) is 35.9 Å². The molecule has 0 spiro atoms. The minimum absolute atomic E-state index is 0.325. The summed E-state index contributed by atoms with van der Waals surface area (Å²) < 4.78 is 5.23. The molecule has 138 valence electrons. The number of hydrogen-bond acceptors (Lipinski definition) is 3. The summed E-state index contributed by atoms with van der Waals surface area (Å²) in [5, 5.41) is 0. The van der Waals surface area contributed by atoms with Gasteiger partial charge in [0.15, 0.2) is 0 Å². The van der Waals surface area contributed by atoms with Crippen LogP contribution in [0.4, 0.5) is 0 Å². The zero-order valence-corrected chi connectivity index (χ0v) is 15.9. The van der Waals surface area contributed by atoms with Crippen molar-refractivity contribution in [1.29, 1.82) is 0 Å². The molecule has 3 unspecified atom stereocenters. The van der Waals surface area contributed by atoms with Gasteiger partial charge in [0, 0.05) is 45.2 Å². The molecule has 2 fully saturated rings. The van der Waals surface area contributed by atoms with Crippen LogP contribution >= 0.6 is 0 Å². The molecule has 1 aromatic carbocycles. The van der Waals surface area contributed by atoms with Crippen LogP contribution < -0.4 is 0 Å². The molecule has 1 saturated carbocycles. The fraction of sp³-hybridized carbons (Fsp3) is 0.667. The summed E-state index contributed by atoms with van der Waals surface area (Å²) in [5.74, 6) is 1.42. The number of ether oxygens (including phenoxy) is 1. The van der Waals surface area contributed by atoms with Crippen LogP contribution in [-0.2, 0) is 9.53 Å². The highest BCUT2D eigenvalue weighted by Gasteiger charge is 2.37. The zero-order valence-electron chi connectivity index (χ0n) is 15.9. The van der Waals surface area contributed by atoms with Gasteiger partial charge >= 0.3 is 0 Å². The van der Waals surface area contributed by atoms with E-state index < -0.39 is 0 Å². The van der Waals surface area contributed by atoms with Crippen molar-refractivity contribution in [3.8, 4) is 0 Å². The number of nitrogens with zero attached hydrogens (tertiary/aromatic N) is 2. The number of benzene rings is 1. The minimum Gasteiger partial charge on any atom is -0.383 e. The van der Waals surface area contributed by atoms with E-state index >= 15 is 0 Å². The molecule has 1 aliphatic heterocycles. The first kappa shape index (κ1) is 18.4. The van der Waals surface area contributed by atoms with Crippen molar-refractivity contribution in [2.24, 2.45) is 5.92 Å². The van der Waals surface area contributed by atoms with E-state index in [0.717, 1.165) is 26.2 Å². The Kier molecular flexibility index (Phi) is 6.13. The lowest BCUT2D eigenvalue weighted by molar-refractivity contribution is -0.136. The topological polar surface area (TPSA) is 32.8 Å². The lowest BCUT2D eigenvalue weighted by Gasteiger charge is -2.44. The monoisotopic (exact) mass is 344 g/mol. The maximum atomic E-state index is 13.0. The smallest absolute Gasteiger partial charge is 0.223 e. The minimum atomic E-state index is 0.325.